The number of hydrogen-bond donors (Lipinski definition) is 1. The molecule has 0 spiro atoms. The Kier molecular flexibility index (Phi) is 4.75. The van der Waals surface area contributed by atoms with Gasteiger partial charge in [-0.2, -0.15) is 0 Å². The Labute approximate surface area is 137 Å². The van der Waals surface area contributed by atoms with E-state index in [0.717, 1.165) is 23.1 Å². The minimum absolute atomic E-state index is 0.233. The lowest BCUT2D eigenvalue weighted by atomic mass is 10.1. The molecule has 23 heavy (non-hydrogen) atoms. The standard InChI is InChI=1S/C17H20N2O3S/c1-12-9-13(2)11-15(10-12)18-17(20)14-5-7-16(8-6-14)19(3)23(4,21)22/h5-11H,1-4H3,(H,18,20). The summed E-state index contributed by atoms with van der Waals surface area (Å²) in [5, 5.41) is 2.85. The van der Waals surface area contributed by atoms with E-state index < -0.39 is 10.0 Å². The average Bonchev–Trinajstić information content (AvgIpc) is 2.44. The van der Waals surface area contributed by atoms with Gasteiger partial charge in [0.15, 0.2) is 0 Å². The van der Waals surface area contributed by atoms with Crippen molar-refractivity contribution in [1.82, 2.24) is 0 Å². The highest BCUT2D eigenvalue weighted by atomic mass is 32.2. The van der Waals surface area contributed by atoms with Gasteiger partial charge >= 0.3 is 0 Å². The van der Waals surface area contributed by atoms with E-state index in [9.17, 15) is 13.2 Å². The van der Waals surface area contributed by atoms with Crippen LogP contribution in [-0.4, -0.2) is 27.6 Å². The summed E-state index contributed by atoms with van der Waals surface area (Å²) in [4.78, 5) is 12.3. The number of hydrogen-bond acceptors (Lipinski definition) is 3. The number of nitrogens with one attached hydrogen (secondary N) is 1. The Balaban J connectivity index is 2.17. The van der Waals surface area contributed by atoms with Gasteiger partial charge in [0.1, 0.15) is 0 Å². The van der Waals surface area contributed by atoms with E-state index in [1.165, 1.54) is 11.4 Å². The van der Waals surface area contributed by atoms with Crippen molar-refractivity contribution in [2.45, 2.75) is 13.8 Å². The van der Waals surface area contributed by atoms with Crippen molar-refractivity contribution in [3.8, 4) is 0 Å². The van der Waals surface area contributed by atoms with E-state index in [4.69, 9.17) is 0 Å². The summed E-state index contributed by atoms with van der Waals surface area (Å²) in [6, 6.07) is 12.3. The lowest BCUT2D eigenvalue weighted by molar-refractivity contribution is 0.102. The molecule has 122 valence electrons. The smallest absolute Gasteiger partial charge is 0.255 e. The quantitative estimate of drug-likeness (QED) is 0.936. The van der Waals surface area contributed by atoms with E-state index in [0.29, 0.717) is 11.3 Å². The van der Waals surface area contributed by atoms with Gasteiger partial charge in [0.25, 0.3) is 5.91 Å². The topological polar surface area (TPSA) is 66.5 Å². The molecular weight excluding hydrogens is 312 g/mol. The highest BCUT2D eigenvalue weighted by Crippen LogP contribution is 2.18. The Bertz CT molecular complexity index is 807. The van der Waals surface area contributed by atoms with Crippen LogP contribution in [0.15, 0.2) is 42.5 Å². The third kappa shape index (κ3) is 4.32. The molecule has 0 aliphatic rings. The molecule has 0 saturated heterocycles. The van der Waals surface area contributed by atoms with E-state index in [1.807, 2.05) is 32.0 Å². The van der Waals surface area contributed by atoms with Crippen molar-refractivity contribution >= 4 is 27.3 Å². The summed E-state index contributed by atoms with van der Waals surface area (Å²) in [7, 11) is -1.84. The molecule has 0 unspecified atom stereocenters. The first-order valence-corrected chi connectivity index (χ1v) is 8.95. The zero-order chi connectivity index (χ0) is 17.2. The van der Waals surface area contributed by atoms with Crippen LogP contribution in [0.4, 0.5) is 11.4 Å². The number of nitrogens with zero attached hydrogens (tertiary/aromatic N) is 1. The second-order valence-corrected chi connectivity index (χ2v) is 7.62. The van der Waals surface area contributed by atoms with E-state index in [1.54, 1.807) is 24.3 Å². The molecule has 0 radical (unpaired) electrons. The molecule has 0 saturated carbocycles. The molecule has 6 heteroatoms. The number of rotatable bonds is 4. The van der Waals surface area contributed by atoms with Gasteiger partial charge in [-0.15, -0.1) is 0 Å². The molecule has 1 amide bonds. The molecule has 1 N–H and O–H groups in total. The number of aryl methyl sites for hydroxylation is 2. The third-order valence-electron chi connectivity index (χ3n) is 3.47. The van der Waals surface area contributed by atoms with Gasteiger partial charge < -0.3 is 5.32 Å². The minimum atomic E-state index is -3.31. The molecule has 0 bridgehead atoms. The normalized spacial score (nSPS) is 11.1. The fourth-order valence-corrected chi connectivity index (χ4v) is 2.77. The van der Waals surface area contributed by atoms with Crippen LogP contribution in [-0.2, 0) is 10.0 Å². The van der Waals surface area contributed by atoms with Crippen LogP contribution in [0.1, 0.15) is 21.5 Å². The molecule has 0 atom stereocenters. The van der Waals surface area contributed by atoms with Crippen molar-refractivity contribution in [3.63, 3.8) is 0 Å². The predicted octanol–water partition coefficient (Wildman–Crippen LogP) is 2.95. The largest absolute Gasteiger partial charge is 0.322 e. The van der Waals surface area contributed by atoms with Crippen molar-refractivity contribution in [3.05, 3.63) is 59.2 Å². The van der Waals surface area contributed by atoms with Gasteiger partial charge in [-0.1, -0.05) is 6.07 Å². The first-order valence-electron chi connectivity index (χ1n) is 7.10. The minimum Gasteiger partial charge on any atom is -0.322 e. The molecule has 0 heterocycles. The van der Waals surface area contributed by atoms with E-state index >= 15 is 0 Å². The number of benzene rings is 2. The van der Waals surface area contributed by atoms with Crippen LogP contribution in [0.3, 0.4) is 0 Å². The Morgan fingerprint density at radius 2 is 1.52 bits per heavy atom. The zero-order valence-electron chi connectivity index (χ0n) is 13.6. The average molecular weight is 332 g/mol. The van der Waals surface area contributed by atoms with E-state index in [-0.39, 0.29) is 5.91 Å². The third-order valence-corrected chi connectivity index (χ3v) is 4.68. The van der Waals surface area contributed by atoms with Gasteiger partial charge in [-0.05, 0) is 61.4 Å². The maximum absolute atomic E-state index is 12.3. The second kappa shape index (κ2) is 6.42. The fraction of sp³-hybridized carbons (Fsp3) is 0.235. The van der Waals surface area contributed by atoms with Crippen molar-refractivity contribution in [2.75, 3.05) is 22.9 Å². The first kappa shape index (κ1) is 17.0. The summed E-state index contributed by atoms with van der Waals surface area (Å²) in [5.41, 5.74) is 3.87. The van der Waals surface area contributed by atoms with Crippen LogP contribution < -0.4 is 9.62 Å². The van der Waals surface area contributed by atoms with Gasteiger partial charge in [0.2, 0.25) is 10.0 Å². The van der Waals surface area contributed by atoms with Gasteiger partial charge in [-0.3, -0.25) is 9.10 Å². The van der Waals surface area contributed by atoms with Crippen LogP contribution in [0.25, 0.3) is 0 Å². The maximum atomic E-state index is 12.3. The molecule has 5 nitrogen and oxygen atoms in total. The molecular formula is C17H20N2O3S. The summed E-state index contributed by atoms with van der Waals surface area (Å²) in [5.74, 6) is -0.233. The van der Waals surface area contributed by atoms with Gasteiger partial charge in [0.05, 0.1) is 11.9 Å². The number of sulfonamides is 1. The van der Waals surface area contributed by atoms with Crippen LogP contribution in [0.2, 0.25) is 0 Å². The molecule has 0 aromatic heterocycles. The van der Waals surface area contributed by atoms with Crippen LogP contribution in [0.5, 0.6) is 0 Å². The zero-order valence-corrected chi connectivity index (χ0v) is 14.4. The SMILES string of the molecule is Cc1cc(C)cc(NC(=O)c2ccc(N(C)S(C)(=O)=O)cc2)c1. The second-order valence-electron chi connectivity index (χ2n) is 5.61. The summed E-state index contributed by atoms with van der Waals surface area (Å²) >= 11 is 0. The summed E-state index contributed by atoms with van der Waals surface area (Å²) < 4.78 is 24.2. The number of anilines is 2. The molecule has 0 aliphatic carbocycles. The highest BCUT2D eigenvalue weighted by molar-refractivity contribution is 7.92. The maximum Gasteiger partial charge on any atom is 0.255 e. The van der Waals surface area contributed by atoms with Crippen LogP contribution >= 0.6 is 0 Å². The van der Waals surface area contributed by atoms with Crippen molar-refractivity contribution < 1.29 is 13.2 Å². The lowest BCUT2D eigenvalue weighted by Crippen LogP contribution is -2.24. The van der Waals surface area contributed by atoms with Gasteiger partial charge in [0, 0.05) is 18.3 Å². The van der Waals surface area contributed by atoms with Gasteiger partial charge in [-0.25, -0.2) is 8.42 Å². The summed E-state index contributed by atoms with van der Waals surface area (Å²) in [6.45, 7) is 3.94. The van der Waals surface area contributed by atoms with Crippen molar-refractivity contribution in [2.24, 2.45) is 0 Å². The molecule has 0 fully saturated rings. The lowest BCUT2D eigenvalue weighted by Gasteiger charge is -2.16. The predicted molar refractivity (Wildman–Crippen MR) is 93.6 cm³/mol. The Morgan fingerprint density at radius 3 is 2.00 bits per heavy atom. The number of carbonyl (C=O) groups is 1. The highest BCUT2D eigenvalue weighted by Gasteiger charge is 2.13. The number of amides is 1. The Hall–Kier alpha value is -2.34. The molecule has 2 rings (SSSR count). The molecule has 2 aromatic rings. The van der Waals surface area contributed by atoms with Crippen molar-refractivity contribution in [1.29, 1.82) is 0 Å². The van der Waals surface area contributed by atoms with Crippen LogP contribution in [0, 0.1) is 13.8 Å². The number of carbonyl (C=O) groups excluding carboxylic acids is 1. The molecule has 2 aromatic carbocycles. The fourth-order valence-electron chi connectivity index (χ4n) is 2.26. The van der Waals surface area contributed by atoms with E-state index in [2.05, 4.69) is 5.32 Å². The first-order chi connectivity index (χ1) is 10.7. The Morgan fingerprint density at radius 1 is 1.00 bits per heavy atom. The summed E-state index contributed by atoms with van der Waals surface area (Å²) in [6.07, 6.45) is 1.13. The monoisotopic (exact) mass is 332 g/mol. The molecule has 0 aliphatic heterocycles.